The lowest BCUT2D eigenvalue weighted by Crippen LogP contribution is -2.46. The van der Waals surface area contributed by atoms with Crippen LogP contribution in [-0.4, -0.2) is 45.9 Å². The molecule has 0 unspecified atom stereocenters. The highest BCUT2D eigenvalue weighted by molar-refractivity contribution is 4.86. The number of hydrogen-bond acceptors (Lipinski definition) is 4. The lowest BCUT2D eigenvalue weighted by atomic mass is 9.90. The summed E-state index contributed by atoms with van der Waals surface area (Å²) in [5.74, 6) is 0. The average Bonchev–Trinajstić information content (AvgIpc) is 2.28. The number of allylic oxidation sites excluding steroid dienone is 1. The quantitative estimate of drug-likeness (QED) is 0.515. The molecule has 0 aromatic heterocycles. The zero-order chi connectivity index (χ0) is 13.1. The van der Waals surface area contributed by atoms with Gasteiger partial charge in [0.25, 0.3) is 0 Å². The lowest BCUT2D eigenvalue weighted by Gasteiger charge is -2.40. The Labute approximate surface area is 109 Å². The van der Waals surface area contributed by atoms with Crippen molar-refractivity contribution in [3.8, 4) is 0 Å². The second-order valence-electron chi connectivity index (χ2n) is 6.12. The fraction of sp³-hybridized carbons (Fsp3) is 0.857. The van der Waals surface area contributed by atoms with E-state index in [4.69, 9.17) is 18.9 Å². The van der Waals surface area contributed by atoms with E-state index in [1.807, 2.05) is 19.1 Å². The van der Waals surface area contributed by atoms with Crippen molar-refractivity contribution in [2.75, 3.05) is 39.6 Å². The summed E-state index contributed by atoms with van der Waals surface area (Å²) in [5.41, 5.74) is 0.319. The van der Waals surface area contributed by atoms with Crippen molar-refractivity contribution in [2.45, 2.75) is 27.1 Å². The van der Waals surface area contributed by atoms with E-state index in [0.717, 1.165) is 26.4 Å². The molecule has 0 aliphatic carbocycles. The van der Waals surface area contributed by atoms with Crippen LogP contribution in [0.3, 0.4) is 0 Å². The molecular weight excluding hydrogens is 232 g/mol. The maximum absolute atomic E-state index is 5.82. The highest BCUT2D eigenvalue weighted by Gasteiger charge is 2.36. The molecule has 2 heterocycles. The maximum Gasteiger partial charge on any atom is 0.176 e. The minimum absolute atomic E-state index is 0.159. The fourth-order valence-corrected chi connectivity index (χ4v) is 1.95. The molecule has 18 heavy (non-hydrogen) atoms. The predicted molar refractivity (Wildman–Crippen MR) is 68.4 cm³/mol. The Hall–Kier alpha value is -0.420. The fourth-order valence-electron chi connectivity index (χ4n) is 1.95. The first-order chi connectivity index (χ1) is 8.55. The molecule has 0 bridgehead atoms. The van der Waals surface area contributed by atoms with Gasteiger partial charge in [0, 0.05) is 10.8 Å². The molecule has 2 fully saturated rings. The third-order valence-electron chi connectivity index (χ3n) is 3.34. The Bertz CT molecular complexity index is 268. The lowest BCUT2D eigenvalue weighted by molar-refractivity contribution is -0.212. The van der Waals surface area contributed by atoms with Gasteiger partial charge >= 0.3 is 0 Å². The molecule has 0 atom stereocenters. The topological polar surface area (TPSA) is 36.9 Å². The van der Waals surface area contributed by atoms with Crippen molar-refractivity contribution in [1.29, 1.82) is 0 Å². The molecule has 0 radical (unpaired) electrons. The Morgan fingerprint density at radius 3 is 1.72 bits per heavy atom. The van der Waals surface area contributed by atoms with E-state index >= 15 is 0 Å². The van der Waals surface area contributed by atoms with E-state index in [9.17, 15) is 0 Å². The SMILES string of the molecule is C/C=C/C(OCC1(C)COC1)OCC1(C)COC1. The molecule has 2 aliphatic heterocycles. The second kappa shape index (κ2) is 5.70. The zero-order valence-corrected chi connectivity index (χ0v) is 11.6. The summed E-state index contributed by atoms with van der Waals surface area (Å²) >= 11 is 0. The van der Waals surface area contributed by atoms with Crippen molar-refractivity contribution >= 4 is 0 Å². The number of hydrogen-bond donors (Lipinski definition) is 0. The van der Waals surface area contributed by atoms with Crippen LogP contribution in [0.25, 0.3) is 0 Å². The summed E-state index contributed by atoms with van der Waals surface area (Å²) in [6.45, 7) is 10.8. The summed E-state index contributed by atoms with van der Waals surface area (Å²) < 4.78 is 22.1. The molecule has 2 aliphatic rings. The molecule has 2 rings (SSSR count). The highest BCUT2D eigenvalue weighted by atomic mass is 16.7. The highest BCUT2D eigenvalue weighted by Crippen LogP contribution is 2.29. The van der Waals surface area contributed by atoms with Crippen LogP contribution in [-0.2, 0) is 18.9 Å². The first kappa shape index (κ1) is 14.0. The smallest absolute Gasteiger partial charge is 0.176 e. The van der Waals surface area contributed by atoms with Crippen LogP contribution in [0.15, 0.2) is 12.2 Å². The molecular formula is C14H24O4. The van der Waals surface area contributed by atoms with Crippen molar-refractivity contribution in [3.05, 3.63) is 12.2 Å². The molecule has 2 saturated heterocycles. The van der Waals surface area contributed by atoms with Crippen molar-refractivity contribution in [2.24, 2.45) is 10.8 Å². The molecule has 104 valence electrons. The molecule has 0 saturated carbocycles. The summed E-state index contributed by atoms with van der Waals surface area (Å²) in [5, 5.41) is 0. The Balaban J connectivity index is 1.72. The molecule has 0 aromatic rings. The monoisotopic (exact) mass is 256 g/mol. The molecule has 4 nitrogen and oxygen atoms in total. The van der Waals surface area contributed by atoms with Crippen LogP contribution >= 0.6 is 0 Å². The van der Waals surface area contributed by atoms with Crippen LogP contribution in [0.5, 0.6) is 0 Å². The summed E-state index contributed by atoms with van der Waals surface area (Å²) in [6, 6.07) is 0. The van der Waals surface area contributed by atoms with Crippen LogP contribution in [0.2, 0.25) is 0 Å². The van der Waals surface area contributed by atoms with E-state index in [1.54, 1.807) is 0 Å². The molecule has 0 amide bonds. The van der Waals surface area contributed by atoms with Crippen molar-refractivity contribution < 1.29 is 18.9 Å². The summed E-state index contributed by atoms with van der Waals surface area (Å²) in [7, 11) is 0. The molecule has 4 heteroatoms. The van der Waals surface area contributed by atoms with Gasteiger partial charge < -0.3 is 18.9 Å². The normalized spacial score (nSPS) is 25.1. The van der Waals surface area contributed by atoms with Gasteiger partial charge in [-0.25, -0.2) is 0 Å². The van der Waals surface area contributed by atoms with Crippen LogP contribution in [0, 0.1) is 10.8 Å². The first-order valence-electron chi connectivity index (χ1n) is 6.57. The second-order valence-corrected chi connectivity index (χ2v) is 6.12. The van der Waals surface area contributed by atoms with Gasteiger partial charge in [-0.1, -0.05) is 19.9 Å². The third-order valence-corrected chi connectivity index (χ3v) is 3.34. The number of rotatable bonds is 7. The summed E-state index contributed by atoms with van der Waals surface area (Å²) in [4.78, 5) is 0. The molecule has 0 spiro atoms. The van der Waals surface area contributed by atoms with Crippen LogP contribution < -0.4 is 0 Å². The van der Waals surface area contributed by atoms with Gasteiger partial charge in [0.2, 0.25) is 0 Å². The average molecular weight is 256 g/mol. The predicted octanol–water partition coefficient (Wildman–Crippen LogP) is 1.99. The van der Waals surface area contributed by atoms with E-state index in [-0.39, 0.29) is 17.1 Å². The van der Waals surface area contributed by atoms with Gasteiger partial charge in [-0.15, -0.1) is 0 Å². The van der Waals surface area contributed by atoms with Gasteiger partial charge in [0.15, 0.2) is 6.29 Å². The van der Waals surface area contributed by atoms with E-state index in [1.165, 1.54) is 0 Å². The van der Waals surface area contributed by atoms with E-state index in [2.05, 4.69) is 13.8 Å². The Morgan fingerprint density at radius 1 is 1.00 bits per heavy atom. The van der Waals surface area contributed by atoms with Gasteiger partial charge in [-0.05, 0) is 13.0 Å². The van der Waals surface area contributed by atoms with Gasteiger partial charge in [-0.2, -0.15) is 0 Å². The van der Waals surface area contributed by atoms with Gasteiger partial charge in [0.1, 0.15) is 0 Å². The summed E-state index contributed by atoms with van der Waals surface area (Å²) in [6.07, 6.45) is 3.65. The number of ether oxygens (including phenoxy) is 4. The van der Waals surface area contributed by atoms with E-state index < -0.39 is 0 Å². The Morgan fingerprint density at radius 2 is 1.44 bits per heavy atom. The minimum atomic E-state index is -0.259. The van der Waals surface area contributed by atoms with Gasteiger partial charge in [0.05, 0.1) is 39.6 Å². The third kappa shape index (κ3) is 3.54. The van der Waals surface area contributed by atoms with E-state index in [0.29, 0.717) is 13.2 Å². The Kier molecular flexibility index (Phi) is 4.43. The standard InChI is InChI=1S/C14H24O4/c1-4-5-12(17-10-13(2)6-15-7-13)18-11-14(3)8-16-9-14/h4-5,12H,6-11H2,1-3H3/b5-4+. The van der Waals surface area contributed by atoms with Crippen LogP contribution in [0.1, 0.15) is 20.8 Å². The van der Waals surface area contributed by atoms with Crippen molar-refractivity contribution in [3.63, 3.8) is 0 Å². The largest absolute Gasteiger partial charge is 0.380 e. The molecule has 0 N–H and O–H groups in total. The maximum atomic E-state index is 5.82. The van der Waals surface area contributed by atoms with Crippen LogP contribution in [0.4, 0.5) is 0 Å². The first-order valence-corrected chi connectivity index (χ1v) is 6.57. The van der Waals surface area contributed by atoms with Crippen molar-refractivity contribution in [1.82, 2.24) is 0 Å². The minimum Gasteiger partial charge on any atom is -0.380 e. The zero-order valence-electron chi connectivity index (χ0n) is 11.6. The van der Waals surface area contributed by atoms with Gasteiger partial charge in [-0.3, -0.25) is 0 Å². The molecule has 0 aromatic carbocycles.